The summed E-state index contributed by atoms with van der Waals surface area (Å²) in [7, 11) is 0. The number of hydrogen-bond acceptors (Lipinski definition) is 2. The molecular formula is C17H19ClN2. The van der Waals surface area contributed by atoms with Crippen LogP contribution in [0.25, 0.3) is 0 Å². The number of halogens is 1. The van der Waals surface area contributed by atoms with Gasteiger partial charge in [-0.15, -0.1) is 0 Å². The van der Waals surface area contributed by atoms with Crippen molar-refractivity contribution in [1.29, 1.82) is 0 Å². The van der Waals surface area contributed by atoms with Gasteiger partial charge in [0.05, 0.1) is 0 Å². The van der Waals surface area contributed by atoms with Gasteiger partial charge < -0.3 is 5.32 Å². The second-order valence-corrected chi connectivity index (χ2v) is 6.48. The summed E-state index contributed by atoms with van der Waals surface area (Å²) in [6, 6.07) is 12.7. The Morgan fingerprint density at radius 1 is 1.15 bits per heavy atom. The van der Waals surface area contributed by atoms with Crippen molar-refractivity contribution in [2.75, 3.05) is 0 Å². The lowest BCUT2D eigenvalue weighted by Gasteiger charge is -2.27. The summed E-state index contributed by atoms with van der Waals surface area (Å²) in [4.78, 5) is 4.12. The first-order valence-corrected chi connectivity index (χ1v) is 7.37. The summed E-state index contributed by atoms with van der Waals surface area (Å²) >= 11 is 6.11. The molecule has 1 aromatic carbocycles. The van der Waals surface area contributed by atoms with E-state index in [1.54, 1.807) is 0 Å². The molecule has 0 amide bonds. The maximum atomic E-state index is 6.11. The van der Waals surface area contributed by atoms with Crippen LogP contribution in [-0.2, 0) is 0 Å². The molecule has 0 unspecified atom stereocenters. The fraction of sp³-hybridized carbons (Fsp3) is 0.353. The molecule has 20 heavy (non-hydrogen) atoms. The lowest BCUT2D eigenvalue weighted by molar-refractivity contribution is 0.397. The number of nitrogens with zero attached hydrogens (tertiary/aromatic N) is 1. The van der Waals surface area contributed by atoms with Crippen molar-refractivity contribution in [1.82, 2.24) is 10.3 Å². The third kappa shape index (κ3) is 2.58. The number of benzene rings is 1. The van der Waals surface area contributed by atoms with Crippen LogP contribution >= 0.6 is 11.6 Å². The quantitative estimate of drug-likeness (QED) is 0.889. The first-order chi connectivity index (χ1) is 9.56. The van der Waals surface area contributed by atoms with Crippen molar-refractivity contribution >= 4 is 11.6 Å². The monoisotopic (exact) mass is 286 g/mol. The normalized spacial score (nSPS) is 24.8. The van der Waals surface area contributed by atoms with E-state index in [4.69, 9.17) is 11.6 Å². The standard InChI is InChI=1S/C17H19ClN2/c1-17(2)15(12-6-8-19-9-7-12)11-16(20-17)13-4-3-5-14(18)10-13/h3-10,15-16,20H,11H2,1-2H3/t15-,16+/m0/s1. The Morgan fingerprint density at radius 2 is 1.90 bits per heavy atom. The highest BCUT2D eigenvalue weighted by Crippen LogP contribution is 2.43. The van der Waals surface area contributed by atoms with E-state index < -0.39 is 0 Å². The van der Waals surface area contributed by atoms with E-state index in [1.807, 2.05) is 24.5 Å². The number of nitrogens with one attached hydrogen (secondary N) is 1. The van der Waals surface area contributed by atoms with E-state index in [0.29, 0.717) is 12.0 Å². The van der Waals surface area contributed by atoms with E-state index in [1.165, 1.54) is 11.1 Å². The van der Waals surface area contributed by atoms with Gasteiger partial charge in [0.1, 0.15) is 0 Å². The van der Waals surface area contributed by atoms with Gasteiger partial charge in [-0.05, 0) is 55.7 Å². The maximum Gasteiger partial charge on any atom is 0.0409 e. The molecule has 0 saturated carbocycles. The minimum Gasteiger partial charge on any atom is -0.304 e. The third-order valence-corrected chi connectivity index (χ3v) is 4.48. The number of pyridine rings is 1. The van der Waals surface area contributed by atoms with E-state index in [-0.39, 0.29) is 5.54 Å². The highest BCUT2D eigenvalue weighted by molar-refractivity contribution is 6.30. The zero-order valence-electron chi connectivity index (χ0n) is 11.8. The van der Waals surface area contributed by atoms with E-state index in [0.717, 1.165) is 11.4 Å². The Labute approximate surface area is 125 Å². The van der Waals surface area contributed by atoms with Crippen LogP contribution in [0.4, 0.5) is 0 Å². The first kappa shape index (κ1) is 13.6. The highest BCUT2D eigenvalue weighted by Gasteiger charge is 2.41. The molecule has 1 aromatic heterocycles. The van der Waals surface area contributed by atoms with Crippen LogP contribution in [0.15, 0.2) is 48.8 Å². The minimum absolute atomic E-state index is 0.0638. The molecule has 0 radical (unpaired) electrons. The molecule has 3 rings (SSSR count). The summed E-state index contributed by atoms with van der Waals surface area (Å²) < 4.78 is 0. The van der Waals surface area contributed by atoms with Gasteiger partial charge in [-0.25, -0.2) is 0 Å². The average Bonchev–Trinajstić information content (AvgIpc) is 2.76. The highest BCUT2D eigenvalue weighted by atomic mass is 35.5. The second-order valence-electron chi connectivity index (χ2n) is 6.04. The zero-order chi connectivity index (χ0) is 14.2. The molecule has 1 fully saturated rings. The van der Waals surface area contributed by atoms with E-state index >= 15 is 0 Å². The van der Waals surface area contributed by atoms with E-state index in [2.05, 4.69) is 48.4 Å². The zero-order valence-corrected chi connectivity index (χ0v) is 12.6. The van der Waals surface area contributed by atoms with Gasteiger partial charge in [-0.3, -0.25) is 4.98 Å². The summed E-state index contributed by atoms with van der Waals surface area (Å²) in [6.07, 6.45) is 4.83. The van der Waals surface area contributed by atoms with Crippen molar-refractivity contribution < 1.29 is 0 Å². The number of rotatable bonds is 2. The van der Waals surface area contributed by atoms with Crippen molar-refractivity contribution in [3.63, 3.8) is 0 Å². The molecule has 0 bridgehead atoms. The Kier molecular flexibility index (Phi) is 3.53. The Hall–Kier alpha value is -1.38. The smallest absolute Gasteiger partial charge is 0.0409 e. The molecule has 1 saturated heterocycles. The Morgan fingerprint density at radius 3 is 2.60 bits per heavy atom. The van der Waals surface area contributed by atoms with Gasteiger partial charge in [0, 0.05) is 34.9 Å². The van der Waals surface area contributed by atoms with Crippen molar-refractivity contribution in [3.05, 3.63) is 64.9 Å². The molecule has 3 heteroatoms. The van der Waals surface area contributed by atoms with Gasteiger partial charge in [-0.2, -0.15) is 0 Å². The third-order valence-electron chi connectivity index (χ3n) is 4.25. The molecule has 104 valence electrons. The van der Waals surface area contributed by atoms with E-state index in [9.17, 15) is 0 Å². The average molecular weight is 287 g/mol. The topological polar surface area (TPSA) is 24.9 Å². The molecule has 2 atom stereocenters. The Bertz CT molecular complexity index is 595. The van der Waals surface area contributed by atoms with Gasteiger partial charge in [0.2, 0.25) is 0 Å². The summed E-state index contributed by atoms with van der Waals surface area (Å²) in [5, 5.41) is 4.54. The second kappa shape index (κ2) is 5.19. The molecule has 1 aliphatic heterocycles. The molecule has 0 spiro atoms. The van der Waals surface area contributed by atoms with Crippen molar-refractivity contribution in [2.24, 2.45) is 0 Å². The van der Waals surface area contributed by atoms with Gasteiger partial charge in [0.25, 0.3) is 0 Å². The molecule has 2 aromatic rings. The van der Waals surface area contributed by atoms with Crippen LogP contribution in [0, 0.1) is 0 Å². The summed E-state index contributed by atoms with van der Waals surface area (Å²) in [6.45, 7) is 4.53. The minimum atomic E-state index is 0.0638. The molecular weight excluding hydrogens is 268 g/mol. The van der Waals surface area contributed by atoms with Crippen molar-refractivity contribution in [2.45, 2.75) is 37.8 Å². The van der Waals surface area contributed by atoms with Crippen LogP contribution in [0.3, 0.4) is 0 Å². The maximum absolute atomic E-state index is 6.11. The van der Waals surface area contributed by atoms with Gasteiger partial charge in [-0.1, -0.05) is 23.7 Å². The summed E-state index contributed by atoms with van der Waals surface area (Å²) in [5.41, 5.74) is 2.68. The fourth-order valence-corrected chi connectivity index (χ4v) is 3.43. The SMILES string of the molecule is CC1(C)N[C@@H](c2cccc(Cl)c2)C[C@H]1c1ccncc1. The largest absolute Gasteiger partial charge is 0.304 e. The predicted molar refractivity (Wildman–Crippen MR) is 83.0 cm³/mol. The predicted octanol–water partition coefficient (Wildman–Crippen LogP) is 4.33. The molecule has 0 aliphatic carbocycles. The molecule has 2 nitrogen and oxygen atoms in total. The van der Waals surface area contributed by atoms with Crippen molar-refractivity contribution in [3.8, 4) is 0 Å². The van der Waals surface area contributed by atoms with Crippen LogP contribution < -0.4 is 5.32 Å². The Balaban J connectivity index is 1.89. The molecule has 1 N–H and O–H groups in total. The fourth-order valence-electron chi connectivity index (χ4n) is 3.23. The van der Waals surface area contributed by atoms with Gasteiger partial charge in [0.15, 0.2) is 0 Å². The molecule has 2 heterocycles. The van der Waals surface area contributed by atoms with Gasteiger partial charge >= 0.3 is 0 Å². The van der Waals surface area contributed by atoms with Crippen LogP contribution in [0.2, 0.25) is 5.02 Å². The van der Waals surface area contributed by atoms with Crippen LogP contribution in [0.5, 0.6) is 0 Å². The lowest BCUT2D eigenvalue weighted by Crippen LogP contribution is -2.37. The molecule has 1 aliphatic rings. The number of hydrogen-bond donors (Lipinski definition) is 1. The van der Waals surface area contributed by atoms with Crippen LogP contribution in [-0.4, -0.2) is 10.5 Å². The lowest BCUT2D eigenvalue weighted by atomic mass is 9.83. The number of aromatic nitrogens is 1. The first-order valence-electron chi connectivity index (χ1n) is 6.99. The van der Waals surface area contributed by atoms with Crippen LogP contribution in [0.1, 0.15) is 43.4 Å². The summed E-state index contributed by atoms with van der Waals surface area (Å²) in [5.74, 6) is 0.481.